The zero-order valence-corrected chi connectivity index (χ0v) is 18.4. The number of nitrogens with one attached hydrogen (secondary N) is 1. The molecule has 0 spiro atoms. The second-order valence-corrected chi connectivity index (χ2v) is 8.31. The molecule has 1 aliphatic heterocycles. The number of anilines is 1. The maximum atomic E-state index is 5.81. The van der Waals surface area contributed by atoms with Crippen molar-refractivity contribution in [3.63, 3.8) is 0 Å². The summed E-state index contributed by atoms with van der Waals surface area (Å²) in [6, 6.07) is 25.2. The van der Waals surface area contributed by atoms with Gasteiger partial charge in [-0.3, -0.25) is 14.7 Å². The molecule has 1 saturated heterocycles. The van der Waals surface area contributed by atoms with Crippen LogP contribution in [0.15, 0.2) is 72.8 Å². The Morgan fingerprint density at radius 2 is 1.58 bits per heavy atom. The average Bonchev–Trinajstić information content (AvgIpc) is 3.15. The van der Waals surface area contributed by atoms with Gasteiger partial charge in [0.05, 0.1) is 24.0 Å². The topological polar surface area (TPSA) is 36.4 Å². The molecule has 0 saturated carbocycles. The highest BCUT2D eigenvalue weighted by Gasteiger charge is 2.21. The molecule has 3 aromatic carbocycles. The van der Waals surface area contributed by atoms with E-state index >= 15 is 0 Å². The largest absolute Gasteiger partial charge is 0.495 e. The van der Waals surface area contributed by atoms with Crippen molar-refractivity contribution >= 4 is 28.8 Å². The van der Waals surface area contributed by atoms with Crippen molar-refractivity contribution in [3.8, 4) is 11.4 Å². The summed E-state index contributed by atoms with van der Waals surface area (Å²) >= 11 is 5.66. The number of hydrogen-bond donors (Lipinski definition) is 1. The smallest absolute Gasteiger partial charge is 0.144 e. The van der Waals surface area contributed by atoms with E-state index in [2.05, 4.69) is 69.5 Å². The average molecular weight is 431 g/mol. The number of benzene rings is 3. The summed E-state index contributed by atoms with van der Waals surface area (Å²) in [6.45, 7) is 4.97. The molecular formula is C25H26N4OS. The lowest BCUT2D eigenvalue weighted by molar-refractivity contribution is 0.249. The molecule has 2 heterocycles. The molecule has 158 valence electrons. The number of para-hydroxylation sites is 1. The first-order valence-corrected chi connectivity index (χ1v) is 11.0. The molecular weight excluding hydrogens is 404 g/mol. The molecule has 0 radical (unpaired) electrons. The summed E-state index contributed by atoms with van der Waals surface area (Å²) in [5.74, 6) is 0.877. The van der Waals surface area contributed by atoms with Crippen LogP contribution in [0.5, 0.6) is 5.75 Å². The van der Waals surface area contributed by atoms with Crippen LogP contribution < -0.4 is 9.64 Å². The number of nitrogens with zero attached hydrogens (tertiary/aromatic N) is 3. The van der Waals surface area contributed by atoms with Crippen LogP contribution in [0, 0.1) is 4.64 Å². The van der Waals surface area contributed by atoms with Crippen molar-refractivity contribution in [2.45, 2.75) is 6.54 Å². The number of piperazine rings is 1. The summed E-state index contributed by atoms with van der Waals surface area (Å²) in [6.07, 6.45) is 0. The van der Waals surface area contributed by atoms with E-state index in [-0.39, 0.29) is 0 Å². The van der Waals surface area contributed by atoms with Crippen LogP contribution in [0.2, 0.25) is 0 Å². The number of H-pyrrole nitrogens is 1. The summed E-state index contributed by atoms with van der Waals surface area (Å²) in [7, 11) is 1.74. The van der Waals surface area contributed by atoms with Crippen molar-refractivity contribution < 1.29 is 4.74 Å². The Bertz CT molecular complexity index is 1230. The van der Waals surface area contributed by atoms with Gasteiger partial charge >= 0.3 is 0 Å². The van der Waals surface area contributed by atoms with Crippen LogP contribution in [0.25, 0.3) is 16.6 Å². The minimum Gasteiger partial charge on any atom is -0.495 e. The van der Waals surface area contributed by atoms with Gasteiger partial charge in [-0.25, -0.2) is 0 Å². The van der Waals surface area contributed by atoms with Crippen LogP contribution in [0.4, 0.5) is 5.69 Å². The summed E-state index contributed by atoms with van der Waals surface area (Å²) in [5, 5.41) is 4.38. The Balaban J connectivity index is 1.42. The van der Waals surface area contributed by atoms with Crippen molar-refractivity contribution in [2.75, 3.05) is 38.2 Å². The van der Waals surface area contributed by atoms with E-state index < -0.39 is 0 Å². The van der Waals surface area contributed by atoms with Crippen LogP contribution in [-0.2, 0) is 6.54 Å². The zero-order valence-electron chi connectivity index (χ0n) is 17.6. The molecule has 5 rings (SSSR count). The lowest BCUT2D eigenvalue weighted by Gasteiger charge is -2.36. The molecule has 0 bridgehead atoms. The molecule has 0 atom stereocenters. The van der Waals surface area contributed by atoms with Gasteiger partial charge in [-0.2, -0.15) is 0 Å². The molecule has 0 unspecified atom stereocenters. The Kier molecular flexibility index (Phi) is 5.49. The molecule has 4 aromatic rings. The van der Waals surface area contributed by atoms with E-state index in [0.717, 1.165) is 65.4 Å². The molecule has 6 heteroatoms. The number of methoxy groups -OCH3 is 1. The third-order valence-corrected chi connectivity index (χ3v) is 6.28. The Labute approximate surface area is 187 Å². The Hall–Kier alpha value is -3.09. The highest BCUT2D eigenvalue weighted by molar-refractivity contribution is 7.71. The van der Waals surface area contributed by atoms with Gasteiger partial charge in [0, 0.05) is 44.2 Å². The first-order chi connectivity index (χ1) is 15.2. The van der Waals surface area contributed by atoms with Gasteiger partial charge in [0.25, 0.3) is 0 Å². The molecule has 1 N–H and O–H groups in total. The van der Waals surface area contributed by atoms with Crippen molar-refractivity contribution in [1.29, 1.82) is 0 Å². The number of rotatable bonds is 5. The number of aromatic nitrogens is 2. The third-order valence-electron chi connectivity index (χ3n) is 5.97. The molecule has 1 aromatic heterocycles. The van der Waals surface area contributed by atoms with Gasteiger partial charge in [0.2, 0.25) is 0 Å². The Morgan fingerprint density at radius 3 is 2.26 bits per heavy atom. The normalized spacial score (nSPS) is 14.8. The van der Waals surface area contributed by atoms with E-state index in [0.29, 0.717) is 0 Å². The second-order valence-electron chi connectivity index (χ2n) is 7.90. The molecule has 0 aliphatic carbocycles. The fourth-order valence-electron chi connectivity index (χ4n) is 4.33. The summed E-state index contributed by atoms with van der Waals surface area (Å²) in [5.41, 5.74) is 4.55. The minimum absolute atomic E-state index is 0.741. The van der Waals surface area contributed by atoms with Gasteiger partial charge in [-0.05, 0) is 23.8 Å². The van der Waals surface area contributed by atoms with Crippen LogP contribution >= 0.6 is 12.2 Å². The Morgan fingerprint density at radius 1 is 0.903 bits per heavy atom. The van der Waals surface area contributed by atoms with Crippen molar-refractivity contribution in [1.82, 2.24) is 14.7 Å². The lowest BCUT2D eigenvalue weighted by atomic mass is 10.1. The molecule has 5 nitrogen and oxygen atoms in total. The fraction of sp³-hybridized carbons (Fsp3) is 0.240. The third kappa shape index (κ3) is 3.96. The van der Waals surface area contributed by atoms with Crippen LogP contribution in [0.1, 0.15) is 5.56 Å². The number of fused-ring (bicyclic) bond motifs is 1. The first kappa shape index (κ1) is 19.8. The number of ether oxygens (including phenoxy) is 1. The van der Waals surface area contributed by atoms with Crippen molar-refractivity contribution in [2.24, 2.45) is 0 Å². The fourth-order valence-corrected chi connectivity index (χ4v) is 4.58. The van der Waals surface area contributed by atoms with E-state index in [4.69, 9.17) is 17.0 Å². The highest BCUT2D eigenvalue weighted by Crippen LogP contribution is 2.35. The molecule has 1 aliphatic rings. The van der Waals surface area contributed by atoms with Crippen LogP contribution in [0.3, 0.4) is 0 Å². The first-order valence-electron chi connectivity index (χ1n) is 10.6. The molecule has 1 fully saturated rings. The highest BCUT2D eigenvalue weighted by atomic mass is 32.1. The quantitative estimate of drug-likeness (QED) is 0.451. The monoisotopic (exact) mass is 430 g/mol. The van der Waals surface area contributed by atoms with Crippen LogP contribution in [-0.4, -0.2) is 48.0 Å². The lowest BCUT2D eigenvalue weighted by Crippen LogP contribution is -2.46. The second kappa shape index (κ2) is 8.57. The van der Waals surface area contributed by atoms with E-state index in [1.54, 1.807) is 7.11 Å². The number of aromatic amines is 1. The zero-order chi connectivity index (χ0) is 21.2. The van der Waals surface area contributed by atoms with Gasteiger partial charge in [-0.15, -0.1) is 0 Å². The summed E-state index contributed by atoms with van der Waals surface area (Å²) in [4.78, 5) is 4.92. The minimum atomic E-state index is 0.741. The maximum Gasteiger partial charge on any atom is 0.144 e. The standard InChI is InChI=1S/C25H26N4OS/c1-30-24-17-22-21(25(31)26-29(22)20-10-6-3-7-11-20)16-23(24)28-14-12-27(13-15-28)18-19-8-4-2-5-9-19/h2-11,16-17H,12-15,18H2,1H3,(H,26,31). The van der Waals surface area contributed by atoms with Gasteiger partial charge in [0.1, 0.15) is 10.4 Å². The summed E-state index contributed by atoms with van der Waals surface area (Å²) < 4.78 is 8.58. The van der Waals surface area contributed by atoms with E-state index in [9.17, 15) is 0 Å². The van der Waals surface area contributed by atoms with Gasteiger partial charge in [-0.1, -0.05) is 60.7 Å². The maximum absolute atomic E-state index is 5.81. The predicted molar refractivity (Wildman–Crippen MR) is 129 cm³/mol. The number of hydrogen-bond acceptors (Lipinski definition) is 4. The van der Waals surface area contributed by atoms with Gasteiger partial charge < -0.3 is 9.64 Å². The van der Waals surface area contributed by atoms with Crippen molar-refractivity contribution in [3.05, 3.63) is 83.0 Å². The molecule has 31 heavy (non-hydrogen) atoms. The molecule has 0 amide bonds. The SMILES string of the molecule is COc1cc2c(cc1N1CCN(Cc3ccccc3)CC1)c(=S)[nH]n2-c1ccccc1. The van der Waals surface area contributed by atoms with E-state index in [1.165, 1.54) is 5.56 Å². The predicted octanol–water partition coefficient (Wildman–Crippen LogP) is 5.02. The van der Waals surface area contributed by atoms with E-state index in [1.807, 2.05) is 22.9 Å². The van der Waals surface area contributed by atoms with Gasteiger partial charge in [0.15, 0.2) is 0 Å².